The third-order valence-electron chi connectivity index (χ3n) is 9.67. The van der Waals surface area contributed by atoms with E-state index in [-0.39, 0.29) is 36.1 Å². The van der Waals surface area contributed by atoms with E-state index in [0.717, 1.165) is 32.7 Å². The van der Waals surface area contributed by atoms with E-state index in [1.165, 1.54) is 12.1 Å². The van der Waals surface area contributed by atoms with Crippen molar-refractivity contribution >= 4 is 34.4 Å². The van der Waals surface area contributed by atoms with E-state index in [4.69, 9.17) is 14.2 Å². The number of hydrogen-bond donors (Lipinski definition) is 1. The second kappa shape index (κ2) is 14.9. The van der Waals surface area contributed by atoms with Gasteiger partial charge in [-0.1, -0.05) is 5.21 Å². The molecule has 1 unspecified atom stereocenters. The van der Waals surface area contributed by atoms with Gasteiger partial charge < -0.3 is 23.7 Å². The van der Waals surface area contributed by atoms with Crippen molar-refractivity contribution in [2.75, 3.05) is 34.4 Å². The molecular formula is C38H38N8O8. The number of benzene rings is 2. The summed E-state index contributed by atoms with van der Waals surface area (Å²) in [5, 5.41) is 12.0. The summed E-state index contributed by atoms with van der Waals surface area (Å²) in [7, 11) is 6.96. The van der Waals surface area contributed by atoms with Gasteiger partial charge in [-0.3, -0.25) is 39.2 Å². The van der Waals surface area contributed by atoms with Gasteiger partial charge in [0.05, 0.1) is 48.5 Å². The van der Waals surface area contributed by atoms with Crippen LogP contribution >= 0.6 is 0 Å². The topological polar surface area (TPSA) is 180 Å². The predicted molar refractivity (Wildman–Crippen MR) is 194 cm³/mol. The summed E-state index contributed by atoms with van der Waals surface area (Å²) in [5.74, 6) is -0.548. The minimum atomic E-state index is -1.03. The number of rotatable bonds is 13. The highest BCUT2D eigenvalue weighted by Gasteiger charge is 2.44. The number of likely N-dealkylation sites (N-methyl/N-ethyl adjacent to an activating group) is 1. The van der Waals surface area contributed by atoms with Crippen LogP contribution in [-0.4, -0.2) is 98.4 Å². The number of imide groups is 2. The molecule has 1 saturated heterocycles. The van der Waals surface area contributed by atoms with Gasteiger partial charge in [-0.25, -0.2) is 4.68 Å². The van der Waals surface area contributed by atoms with Gasteiger partial charge in [-0.15, -0.1) is 5.10 Å². The third-order valence-corrected chi connectivity index (χ3v) is 9.67. The first kappa shape index (κ1) is 36.0. The molecule has 2 aliphatic heterocycles. The lowest BCUT2D eigenvalue weighted by molar-refractivity contribution is -0.136. The molecule has 1 atom stereocenters. The minimum absolute atomic E-state index is 0.0518. The summed E-state index contributed by atoms with van der Waals surface area (Å²) in [6, 6.07) is 9.31. The molecule has 4 amide bonds. The molecule has 3 aromatic heterocycles. The summed E-state index contributed by atoms with van der Waals surface area (Å²) in [6.45, 7) is 1.81. The Morgan fingerprint density at radius 1 is 0.926 bits per heavy atom. The van der Waals surface area contributed by atoms with Crippen LogP contribution in [0, 0.1) is 0 Å². The monoisotopic (exact) mass is 734 g/mol. The Labute approximate surface area is 309 Å². The second-order valence-electron chi connectivity index (χ2n) is 13.2. The third kappa shape index (κ3) is 6.90. The molecular weight excluding hydrogens is 696 g/mol. The van der Waals surface area contributed by atoms with Crippen molar-refractivity contribution in [3.05, 3.63) is 93.9 Å². The fraction of sp³-hybridized carbons (Fsp3) is 0.316. The Morgan fingerprint density at radius 2 is 1.69 bits per heavy atom. The quantitative estimate of drug-likeness (QED) is 0.175. The molecule has 5 heterocycles. The Kier molecular flexibility index (Phi) is 9.92. The first-order valence-electron chi connectivity index (χ1n) is 17.3. The number of ether oxygens (including phenoxy) is 3. The van der Waals surface area contributed by atoms with Crippen molar-refractivity contribution in [2.24, 2.45) is 7.05 Å². The van der Waals surface area contributed by atoms with Gasteiger partial charge in [0, 0.05) is 63.3 Å². The fourth-order valence-electron chi connectivity index (χ4n) is 6.85. The van der Waals surface area contributed by atoms with Gasteiger partial charge in [0.1, 0.15) is 29.9 Å². The zero-order chi connectivity index (χ0) is 38.1. The Balaban J connectivity index is 0.948. The Morgan fingerprint density at radius 3 is 2.43 bits per heavy atom. The molecule has 0 spiro atoms. The SMILES string of the molecule is COc1cc(-c2cn(C)c(=O)c3cnccc23)cc(OC)c1CN(C)CCc1cn(CCOc2ccc3c(c2)C(=O)N(C2CCC(=O)NC2=O)C3=O)nn1. The number of pyridine rings is 2. The lowest BCUT2D eigenvalue weighted by atomic mass is 9.99. The number of aromatic nitrogens is 5. The molecule has 16 heteroatoms. The number of hydrogen-bond acceptors (Lipinski definition) is 12. The molecule has 2 aliphatic rings. The van der Waals surface area contributed by atoms with Crippen LogP contribution in [0.1, 0.15) is 44.8 Å². The van der Waals surface area contributed by atoms with Crippen LogP contribution in [0.4, 0.5) is 0 Å². The van der Waals surface area contributed by atoms with Crippen molar-refractivity contribution in [3.8, 4) is 28.4 Å². The van der Waals surface area contributed by atoms with Crippen molar-refractivity contribution < 1.29 is 33.4 Å². The van der Waals surface area contributed by atoms with Crippen molar-refractivity contribution in [2.45, 2.75) is 38.4 Å². The normalized spacial score (nSPS) is 15.6. The summed E-state index contributed by atoms with van der Waals surface area (Å²) in [4.78, 5) is 69.9. The lowest BCUT2D eigenvalue weighted by Crippen LogP contribution is -2.54. The van der Waals surface area contributed by atoms with E-state index >= 15 is 0 Å². The molecule has 0 radical (unpaired) electrons. The summed E-state index contributed by atoms with van der Waals surface area (Å²) in [5.41, 5.74) is 3.59. The van der Waals surface area contributed by atoms with E-state index in [0.29, 0.717) is 48.7 Å². The highest BCUT2D eigenvalue weighted by Crippen LogP contribution is 2.38. The zero-order valence-electron chi connectivity index (χ0n) is 30.2. The summed E-state index contributed by atoms with van der Waals surface area (Å²) in [6.07, 6.45) is 7.67. The molecule has 5 aromatic rings. The standard InChI is InChI=1S/C38H38N8O8/c1-43(20-30-32(52-3)15-22(16-33(30)53-4)29-21-44(2)36(49)28-18-39-11-9-25(28)29)12-10-23-19-45(42-41-23)13-14-54-24-5-6-26-27(17-24)38(51)46(37(26)50)31-7-8-34(47)40-35(31)48/h5-6,9,11,15-19,21,31H,7-8,10,12-14,20H2,1-4H3,(H,40,47,48). The number of carbonyl (C=O) groups is 4. The van der Waals surface area contributed by atoms with E-state index in [1.807, 2.05) is 37.6 Å². The highest BCUT2D eigenvalue weighted by atomic mass is 16.5. The summed E-state index contributed by atoms with van der Waals surface area (Å²) >= 11 is 0. The van der Waals surface area contributed by atoms with Gasteiger partial charge in [0.25, 0.3) is 17.4 Å². The van der Waals surface area contributed by atoms with Crippen molar-refractivity contribution in [3.63, 3.8) is 0 Å². The number of aryl methyl sites for hydroxylation is 1. The molecule has 0 aliphatic carbocycles. The number of fused-ring (bicyclic) bond motifs is 2. The van der Waals surface area contributed by atoms with Gasteiger partial charge in [0.2, 0.25) is 11.8 Å². The van der Waals surface area contributed by atoms with Gasteiger partial charge in [-0.2, -0.15) is 0 Å². The van der Waals surface area contributed by atoms with Crippen molar-refractivity contribution in [1.82, 2.24) is 39.7 Å². The number of piperidine rings is 1. The predicted octanol–water partition coefficient (Wildman–Crippen LogP) is 2.36. The molecule has 54 heavy (non-hydrogen) atoms. The minimum Gasteiger partial charge on any atom is -0.496 e. The van der Waals surface area contributed by atoms with Crippen LogP contribution in [0.25, 0.3) is 21.9 Å². The average molecular weight is 735 g/mol. The smallest absolute Gasteiger partial charge is 0.262 e. The van der Waals surface area contributed by atoms with Crippen LogP contribution in [0.3, 0.4) is 0 Å². The van der Waals surface area contributed by atoms with Crippen LogP contribution in [0.15, 0.2) is 66.0 Å². The number of carbonyl (C=O) groups excluding carboxylic acids is 4. The Bertz CT molecular complexity index is 2340. The van der Waals surface area contributed by atoms with Gasteiger partial charge in [0.15, 0.2) is 0 Å². The number of methoxy groups -OCH3 is 2. The van der Waals surface area contributed by atoms with Crippen LogP contribution < -0.4 is 25.1 Å². The lowest BCUT2D eigenvalue weighted by Gasteiger charge is -2.27. The van der Waals surface area contributed by atoms with E-state index in [9.17, 15) is 24.0 Å². The number of nitrogens with one attached hydrogen (secondary N) is 1. The van der Waals surface area contributed by atoms with Crippen molar-refractivity contribution in [1.29, 1.82) is 0 Å². The van der Waals surface area contributed by atoms with Gasteiger partial charge >= 0.3 is 0 Å². The van der Waals surface area contributed by atoms with Crippen LogP contribution in [0.2, 0.25) is 0 Å². The maximum atomic E-state index is 13.1. The molecule has 1 N–H and O–H groups in total. The number of amides is 4. The Hall–Kier alpha value is -6.42. The molecule has 1 fully saturated rings. The molecule has 0 bridgehead atoms. The molecule has 0 saturated carbocycles. The van der Waals surface area contributed by atoms with E-state index in [1.54, 1.807) is 49.0 Å². The maximum absolute atomic E-state index is 13.1. The fourth-order valence-corrected chi connectivity index (χ4v) is 6.85. The highest BCUT2D eigenvalue weighted by molar-refractivity contribution is 6.23. The maximum Gasteiger partial charge on any atom is 0.262 e. The first-order valence-corrected chi connectivity index (χ1v) is 17.3. The van der Waals surface area contributed by atoms with Gasteiger partial charge in [-0.05, 0) is 60.8 Å². The first-order chi connectivity index (χ1) is 26.1. The van der Waals surface area contributed by atoms with E-state index in [2.05, 4.69) is 25.5 Å². The molecule has 16 nitrogen and oxygen atoms in total. The molecule has 7 rings (SSSR count). The zero-order valence-corrected chi connectivity index (χ0v) is 30.2. The second-order valence-corrected chi connectivity index (χ2v) is 13.2. The van der Waals surface area contributed by atoms with Crippen LogP contribution in [0.5, 0.6) is 17.2 Å². The molecule has 2 aromatic carbocycles. The average Bonchev–Trinajstić information content (AvgIpc) is 3.73. The largest absolute Gasteiger partial charge is 0.496 e. The molecule has 278 valence electrons. The van der Waals surface area contributed by atoms with Crippen LogP contribution in [-0.2, 0) is 36.1 Å². The summed E-state index contributed by atoms with van der Waals surface area (Å²) < 4.78 is 20.8. The van der Waals surface area contributed by atoms with E-state index < -0.39 is 29.7 Å². The number of nitrogens with zero attached hydrogens (tertiary/aromatic N) is 7.